The first kappa shape index (κ1) is 22.3. The van der Waals surface area contributed by atoms with Crippen LogP contribution in [0.4, 0.5) is 0 Å². The lowest BCUT2D eigenvalue weighted by Crippen LogP contribution is -2.37. The van der Waals surface area contributed by atoms with E-state index in [-0.39, 0.29) is 5.56 Å². The van der Waals surface area contributed by atoms with E-state index in [1.54, 1.807) is 28.8 Å². The third-order valence-electron chi connectivity index (χ3n) is 4.93. The van der Waals surface area contributed by atoms with Crippen molar-refractivity contribution in [1.29, 1.82) is 0 Å². The number of aromatic nitrogens is 4. The molecule has 3 aromatic rings. The number of nitrogens with one attached hydrogen (secondary N) is 1. The minimum absolute atomic E-state index is 0.149. The third-order valence-corrected chi connectivity index (χ3v) is 4.93. The summed E-state index contributed by atoms with van der Waals surface area (Å²) in [5, 5.41) is 16.2. The molecule has 31 heavy (non-hydrogen) atoms. The Kier molecular flexibility index (Phi) is 6.62. The van der Waals surface area contributed by atoms with Crippen LogP contribution in [0.2, 0.25) is 0 Å². The van der Waals surface area contributed by atoms with E-state index in [0.717, 1.165) is 18.5 Å². The zero-order chi connectivity index (χ0) is 22.6. The van der Waals surface area contributed by atoms with Crippen LogP contribution in [0.15, 0.2) is 29.1 Å². The highest BCUT2D eigenvalue weighted by atomic mass is 16.5. The van der Waals surface area contributed by atoms with Gasteiger partial charge in [0.2, 0.25) is 0 Å². The highest BCUT2D eigenvalue weighted by Gasteiger charge is 2.29. The second-order valence-electron chi connectivity index (χ2n) is 7.86. The standard InChI is InChI=1S/C22H28N4O5/c1-5-7-17-18-19(25-24-17)20(27)26(14(2)23-18)12-6-13-30-15-8-10-16(11-9-15)31-22(3,4)21(28)29/h8-11H,5-7,12-13H2,1-4H3,(H,24,25)(H,28,29). The monoisotopic (exact) mass is 428 g/mol. The Labute approximate surface area is 180 Å². The molecule has 2 heterocycles. The van der Waals surface area contributed by atoms with Crippen molar-refractivity contribution >= 4 is 17.0 Å². The number of rotatable bonds is 10. The second kappa shape index (κ2) is 9.20. The van der Waals surface area contributed by atoms with Crippen LogP contribution in [-0.4, -0.2) is 43.0 Å². The lowest BCUT2D eigenvalue weighted by molar-refractivity contribution is -0.152. The van der Waals surface area contributed by atoms with Gasteiger partial charge in [-0.15, -0.1) is 0 Å². The third kappa shape index (κ3) is 5.04. The van der Waals surface area contributed by atoms with Gasteiger partial charge in [0.1, 0.15) is 22.8 Å². The first-order valence-electron chi connectivity index (χ1n) is 10.3. The Morgan fingerprint density at radius 2 is 1.87 bits per heavy atom. The number of aryl methyl sites for hydroxylation is 2. The summed E-state index contributed by atoms with van der Waals surface area (Å²) in [6.07, 6.45) is 2.37. The number of carboxylic acid groups (broad SMARTS) is 1. The fourth-order valence-electron chi connectivity index (χ4n) is 3.18. The average Bonchev–Trinajstić information content (AvgIpc) is 3.11. The van der Waals surface area contributed by atoms with Crippen molar-refractivity contribution in [2.45, 2.75) is 59.1 Å². The molecule has 0 saturated heterocycles. The average molecular weight is 428 g/mol. The van der Waals surface area contributed by atoms with Gasteiger partial charge in [-0.05, 0) is 57.9 Å². The van der Waals surface area contributed by atoms with E-state index in [9.17, 15) is 9.59 Å². The van der Waals surface area contributed by atoms with E-state index in [1.165, 1.54) is 13.8 Å². The summed E-state index contributed by atoms with van der Waals surface area (Å²) < 4.78 is 12.8. The van der Waals surface area contributed by atoms with Gasteiger partial charge in [0.15, 0.2) is 11.1 Å². The summed E-state index contributed by atoms with van der Waals surface area (Å²) in [5.74, 6) is 0.693. The zero-order valence-electron chi connectivity index (χ0n) is 18.3. The smallest absolute Gasteiger partial charge is 0.347 e. The van der Waals surface area contributed by atoms with Crippen LogP contribution in [0.3, 0.4) is 0 Å². The van der Waals surface area contributed by atoms with Gasteiger partial charge in [0.05, 0.1) is 12.3 Å². The van der Waals surface area contributed by atoms with Crippen molar-refractivity contribution in [3.05, 3.63) is 46.1 Å². The number of H-pyrrole nitrogens is 1. The molecule has 0 radical (unpaired) electrons. The van der Waals surface area contributed by atoms with Gasteiger partial charge >= 0.3 is 5.97 Å². The largest absolute Gasteiger partial charge is 0.494 e. The number of benzene rings is 1. The molecule has 9 nitrogen and oxygen atoms in total. The Morgan fingerprint density at radius 3 is 2.52 bits per heavy atom. The van der Waals surface area contributed by atoms with Crippen molar-refractivity contribution in [3.63, 3.8) is 0 Å². The number of nitrogens with zero attached hydrogens (tertiary/aromatic N) is 3. The summed E-state index contributed by atoms with van der Waals surface area (Å²) in [7, 11) is 0. The molecule has 0 aliphatic carbocycles. The first-order valence-corrected chi connectivity index (χ1v) is 10.3. The lowest BCUT2D eigenvalue weighted by atomic mass is 10.1. The normalized spacial score (nSPS) is 11.6. The van der Waals surface area contributed by atoms with Crippen molar-refractivity contribution in [3.8, 4) is 11.5 Å². The first-order chi connectivity index (χ1) is 14.7. The van der Waals surface area contributed by atoms with E-state index in [1.807, 2.05) is 6.92 Å². The van der Waals surface area contributed by atoms with Crippen molar-refractivity contribution in [2.24, 2.45) is 0 Å². The number of carbonyl (C=O) groups is 1. The Hall–Kier alpha value is -3.36. The maximum Gasteiger partial charge on any atom is 0.347 e. The van der Waals surface area contributed by atoms with Crippen LogP contribution in [0, 0.1) is 6.92 Å². The van der Waals surface area contributed by atoms with E-state index in [4.69, 9.17) is 14.6 Å². The number of hydrogen-bond acceptors (Lipinski definition) is 6. The molecule has 0 aliphatic heterocycles. The fraction of sp³-hybridized carbons (Fsp3) is 0.455. The second-order valence-corrected chi connectivity index (χ2v) is 7.86. The number of aromatic amines is 1. The molecule has 0 amide bonds. The number of aliphatic carboxylic acids is 1. The molecule has 0 atom stereocenters. The maximum absolute atomic E-state index is 12.8. The van der Waals surface area contributed by atoms with Crippen LogP contribution in [0.25, 0.3) is 11.0 Å². The van der Waals surface area contributed by atoms with Gasteiger partial charge in [0, 0.05) is 6.54 Å². The van der Waals surface area contributed by atoms with Crippen LogP contribution in [0.1, 0.15) is 45.1 Å². The molecule has 0 saturated carbocycles. The minimum atomic E-state index is -1.31. The summed E-state index contributed by atoms with van der Waals surface area (Å²) in [6.45, 7) is 7.75. The molecular weight excluding hydrogens is 400 g/mol. The lowest BCUT2D eigenvalue weighted by Gasteiger charge is -2.21. The summed E-state index contributed by atoms with van der Waals surface area (Å²) in [5.41, 5.74) is 0.463. The van der Waals surface area contributed by atoms with Crippen molar-refractivity contribution in [1.82, 2.24) is 19.7 Å². The van der Waals surface area contributed by atoms with Gasteiger partial charge in [-0.1, -0.05) is 13.3 Å². The topological polar surface area (TPSA) is 119 Å². The molecule has 0 bridgehead atoms. The molecule has 9 heteroatoms. The molecule has 0 spiro atoms. The van der Waals surface area contributed by atoms with E-state index < -0.39 is 11.6 Å². The maximum atomic E-state index is 12.8. The molecule has 2 aromatic heterocycles. The van der Waals surface area contributed by atoms with Crippen molar-refractivity contribution < 1.29 is 19.4 Å². The Morgan fingerprint density at radius 1 is 1.19 bits per heavy atom. The summed E-state index contributed by atoms with van der Waals surface area (Å²) in [4.78, 5) is 28.5. The molecule has 166 valence electrons. The quantitative estimate of drug-likeness (QED) is 0.476. The molecule has 0 fully saturated rings. The van der Waals surface area contributed by atoms with E-state index in [0.29, 0.717) is 47.9 Å². The summed E-state index contributed by atoms with van der Waals surface area (Å²) in [6, 6.07) is 6.77. The number of hydrogen-bond donors (Lipinski definition) is 2. The molecular formula is C22H28N4O5. The SMILES string of the molecule is CCCc1[nH]nc2c(=O)n(CCCOc3ccc(OC(C)(C)C(=O)O)cc3)c(C)nc12. The zero-order valence-corrected chi connectivity index (χ0v) is 18.3. The molecule has 0 unspecified atom stereocenters. The Bertz CT molecular complexity index is 1120. The minimum Gasteiger partial charge on any atom is -0.494 e. The van der Waals surface area contributed by atoms with Crippen LogP contribution in [0.5, 0.6) is 11.5 Å². The highest BCUT2D eigenvalue weighted by molar-refractivity contribution is 5.77. The molecule has 1 aromatic carbocycles. The summed E-state index contributed by atoms with van der Waals surface area (Å²) >= 11 is 0. The molecule has 3 rings (SSSR count). The van der Waals surface area contributed by atoms with Gasteiger partial charge < -0.3 is 14.6 Å². The number of fused-ring (bicyclic) bond motifs is 1. The highest BCUT2D eigenvalue weighted by Crippen LogP contribution is 2.22. The number of ether oxygens (including phenoxy) is 2. The van der Waals surface area contributed by atoms with E-state index >= 15 is 0 Å². The fourth-order valence-corrected chi connectivity index (χ4v) is 3.18. The van der Waals surface area contributed by atoms with Gasteiger partial charge in [-0.3, -0.25) is 14.5 Å². The Balaban J connectivity index is 1.58. The predicted octanol–water partition coefficient (Wildman–Crippen LogP) is 3.09. The van der Waals surface area contributed by atoms with Gasteiger partial charge in [-0.2, -0.15) is 5.10 Å². The van der Waals surface area contributed by atoms with Gasteiger partial charge in [-0.25, -0.2) is 9.78 Å². The molecule has 0 aliphatic rings. The van der Waals surface area contributed by atoms with Crippen LogP contribution < -0.4 is 15.0 Å². The van der Waals surface area contributed by atoms with Crippen LogP contribution in [-0.2, 0) is 17.8 Å². The van der Waals surface area contributed by atoms with Crippen molar-refractivity contribution in [2.75, 3.05) is 6.61 Å². The van der Waals surface area contributed by atoms with Crippen LogP contribution >= 0.6 is 0 Å². The molecule has 2 N–H and O–H groups in total. The predicted molar refractivity (Wildman–Crippen MR) is 116 cm³/mol. The van der Waals surface area contributed by atoms with E-state index in [2.05, 4.69) is 22.1 Å². The van der Waals surface area contributed by atoms with Gasteiger partial charge in [0.25, 0.3) is 5.56 Å². The number of carboxylic acids is 1.